The van der Waals surface area contributed by atoms with Gasteiger partial charge in [-0.3, -0.25) is 9.48 Å². The zero-order valence-corrected chi connectivity index (χ0v) is 12.8. The zero-order chi connectivity index (χ0) is 15.2. The Labute approximate surface area is 125 Å². The number of aromatic nitrogens is 2. The molecule has 1 aliphatic rings. The number of hydrogen-bond acceptors (Lipinski definition) is 4. The summed E-state index contributed by atoms with van der Waals surface area (Å²) in [5.74, 6) is 0.135. The second-order valence-corrected chi connectivity index (χ2v) is 5.72. The van der Waals surface area contributed by atoms with Crippen molar-refractivity contribution in [2.45, 2.75) is 38.8 Å². The fraction of sp³-hybridized carbons (Fsp3) is 0.667. The van der Waals surface area contributed by atoms with Crippen LogP contribution in [0.3, 0.4) is 0 Å². The molecule has 0 spiro atoms. The summed E-state index contributed by atoms with van der Waals surface area (Å²) >= 11 is 0. The van der Waals surface area contributed by atoms with Gasteiger partial charge in [0.1, 0.15) is 6.54 Å². The van der Waals surface area contributed by atoms with E-state index in [-0.39, 0.29) is 5.91 Å². The fourth-order valence-electron chi connectivity index (χ4n) is 2.76. The number of likely N-dealkylation sites (tertiary alicyclic amines) is 1. The van der Waals surface area contributed by atoms with Crippen LogP contribution in [0.4, 0.5) is 0 Å². The van der Waals surface area contributed by atoms with Gasteiger partial charge in [0.25, 0.3) is 0 Å². The lowest BCUT2D eigenvalue weighted by Crippen LogP contribution is -2.46. The SMILES string of the molecule is Cc1cnn(CC(=O)N2CCC(N(C)CCC#N)CC2)c1. The highest BCUT2D eigenvalue weighted by molar-refractivity contribution is 5.76. The van der Waals surface area contributed by atoms with Crippen LogP contribution in [-0.2, 0) is 11.3 Å². The number of carbonyl (C=O) groups excluding carboxylic acids is 1. The molecule has 1 saturated heterocycles. The van der Waals surface area contributed by atoms with Crippen LogP contribution < -0.4 is 0 Å². The smallest absolute Gasteiger partial charge is 0.244 e. The molecule has 0 bridgehead atoms. The molecule has 0 radical (unpaired) electrons. The molecule has 0 unspecified atom stereocenters. The van der Waals surface area contributed by atoms with Crippen molar-refractivity contribution in [3.8, 4) is 6.07 Å². The summed E-state index contributed by atoms with van der Waals surface area (Å²) in [6, 6.07) is 2.66. The number of carbonyl (C=O) groups is 1. The van der Waals surface area contributed by atoms with Crippen molar-refractivity contribution in [2.75, 3.05) is 26.7 Å². The average Bonchev–Trinajstić information content (AvgIpc) is 2.90. The van der Waals surface area contributed by atoms with Gasteiger partial charge in [0.15, 0.2) is 0 Å². The lowest BCUT2D eigenvalue weighted by atomic mass is 10.0. The number of nitrogens with zero attached hydrogens (tertiary/aromatic N) is 5. The highest BCUT2D eigenvalue weighted by Crippen LogP contribution is 2.16. The average molecular weight is 289 g/mol. The van der Waals surface area contributed by atoms with Gasteiger partial charge in [0.2, 0.25) is 5.91 Å². The second-order valence-electron chi connectivity index (χ2n) is 5.72. The summed E-state index contributed by atoms with van der Waals surface area (Å²) in [7, 11) is 2.06. The molecule has 6 heteroatoms. The lowest BCUT2D eigenvalue weighted by molar-refractivity contribution is -0.133. The van der Waals surface area contributed by atoms with Gasteiger partial charge < -0.3 is 9.80 Å². The highest BCUT2D eigenvalue weighted by atomic mass is 16.2. The molecule has 0 saturated carbocycles. The van der Waals surface area contributed by atoms with E-state index < -0.39 is 0 Å². The first-order valence-electron chi connectivity index (χ1n) is 7.44. The Hall–Kier alpha value is -1.87. The van der Waals surface area contributed by atoms with Crippen LogP contribution in [0.2, 0.25) is 0 Å². The summed E-state index contributed by atoms with van der Waals surface area (Å²) in [4.78, 5) is 16.4. The van der Waals surface area contributed by atoms with Gasteiger partial charge in [0.05, 0.1) is 12.3 Å². The minimum absolute atomic E-state index is 0.135. The van der Waals surface area contributed by atoms with Crippen molar-refractivity contribution in [3.05, 3.63) is 18.0 Å². The normalized spacial score (nSPS) is 16.2. The molecule has 2 rings (SSSR count). The molecular formula is C15H23N5O. The summed E-state index contributed by atoms with van der Waals surface area (Å²) in [5.41, 5.74) is 1.07. The van der Waals surface area contributed by atoms with Crippen molar-refractivity contribution >= 4 is 5.91 Å². The molecule has 0 atom stereocenters. The van der Waals surface area contributed by atoms with Crippen molar-refractivity contribution in [2.24, 2.45) is 0 Å². The molecule has 1 amide bonds. The summed E-state index contributed by atoms with van der Waals surface area (Å²) < 4.78 is 1.70. The quantitative estimate of drug-likeness (QED) is 0.812. The molecule has 0 N–H and O–H groups in total. The Kier molecular flexibility index (Phi) is 5.34. The van der Waals surface area contributed by atoms with Gasteiger partial charge in [-0.25, -0.2) is 0 Å². The first-order valence-corrected chi connectivity index (χ1v) is 7.44. The molecule has 1 aliphatic heterocycles. The van der Waals surface area contributed by atoms with E-state index in [0.29, 0.717) is 19.0 Å². The van der Waals surface area contributed by atoms with Gasteiger partial charge in [-0.2, -0.15) is 10.4 Å². The van der Waals surface area contributed by atoms with Crippen LogP contribution >= 0.6 is 0 Å². The van der Waals surface area contributed by atoms with Crippen LogP contribution in [0, 0.1) is 18.3 Å². The van der Waals surface area contributed by atoms with Crippen molar-refractivity contribution in [1.82, 2.24) is 19.6 Å². The number of nitriles is 1. The summed E-state index contributed by atoms with van der Waals surface area (Å²) in [5, 5.41) is 12.8. The Morgan fingerprint density at radius 1 is 1.52 bits per heavy atom. The number of rotatable bonds is 5. The van der Waals surface area contributed by atoms with Gasteiger partial charge in [-0.05, 0) is 32.4 Å². The van der Waals surface area contributed by atoms with E-state index in [4.69, 9.17) is 5.26 Å². The largest absolute Gasteiger partial charge is 0.341 e. The van der Waals surface area contributed by atoms with Crippen LogP contribution in [0.5, 0.6) is 0 Å². The molecule has 1 aromatic rings. The lowest BCUT2D eigenvalue weighted by Gasteiger charge is -2.36. The second kappa shape index (κ2) is 7.23. The highest BCUT2D eigenvalue weighted by Gasteiger charge is 2.25. The van der Waals surface area contributed by atoms with Crippen LogP contribution in [0.1, 0.15) is 24.8 Å². The predicted octanol–water partition coefficient (Wildman–Crippen LogP) is 1.03. The Bertz CT molecular complexity index is 510. The van der Waals surface area contributed by atoms with Gasteiger partial charge in [-0.15, -0.1) is 0 Å². The maximum absolute atomic E-state index is 12.2. The first kappa shape index (κ1) is 15.5. The van der Waals surface area contributed by atoms with E-state index in [1.54, 1.807) is 10.9 Å². The Balaban J connectivity index is 1.78. The third-order valence-electron chi connectivity index (χ3n) is 4.08. The summed E-state index contributed by atoms with van der Waals surface area (Å²) in [6.45, 7) is 4.68. The fourth-order valence-corrected chi connectivity index (χ4v) is 2.76. The van der Waals surface area contributed by atoms with E-state index in [0.717, 1.165) is 38.0 Å². The molecule has 21 heavy (non-hydrogen) atoms. The van der Waals surface area contributed by atoms with E-state index in [1.165, 1.54) is 0 Å². The first-order chi connectivity index (χ1) is 10.1. The molecular weight excluding hydrogens is 266 g/mol. The number of hydrogen-bond donors (Lipinski definition) is 0. The third-order valence-corrected chi connectivity index (χ3v) is 4.08. The monoisotopic (exact) mass is 289 g/mol. The van der Waals surface area contributed by atoms with E-state index >= 15 is 0 Å². The Morgan fingerprint density at radius 3 is 2.81 bits per heavy atom. The number of aryl methyl sites for hydroxylation is 1. The van der Waals surface area contributed by atoms with Crippen LogP contribution in [0.25, 0.3) is 0 Å². The molecule has 0 aromatic carbocycles. The predicted molar refractivity (Wildman–Crippen MR) is 79.4 cm³/mol. The standard InChI is InChI=1S/C15H23N5O/c1-13-10-17-20(11-13)12-15(21)19-8-4-14(5-9-19)18(2)7-3-6-16/h10-11,14H,3-5,7-9,12H2,1-2H3. The van der Waals surface area contributed by atoms with Crippen LogP contribution in [-0.4, -0.2) is 58.2 Å². The maximum atomic E-state index is 12.2. The van der Waals surface area contributed by atoms with Gasteiger partial charge in [0, 0.05) is 38.3 Å². The molecule has 1 aromatic heterocycles. The van der Waals surface area contributed by atoms with Gasteiger partial charge >= 0.3 is 0 Å². The van der Waals surface area contributed by atoms with Crippen molar-refractivity contribution in [3.63, 3.8) is 0 Å². The molecule has 114 valence electrons. The number of amides is 1. The topological polar surface area (TPSA) is 65.2 Å². The zero-order valence-electron chi connectivity index (χ0n) is 12.8. The minimum Gasteiger partial charge on any atom is -0.341 e. The summed E-state index contributed by atoms with van der Waals surface area (Å²) in [6.07, 6.45) is 6.18. The Morgan fingerprint density at radius 2 is 2.24 bits per heavy atom. The molecule has 0 aliphatic carbocycles. The van der Waals surface area contributed by atoms with E-state index in [2.05, 4.69) is 23.1 Å². The van der Waals surface area contributed by atoms with Crippen LogP contribution in [0.15, 0.2) is 12.4 Å². The molecule has 2 heterocycles. The minimum atomic E-state index is 0.135. The maximum Gasteiger partial charge on any atom is 0.244 e. The van der Waals surface area contributed by atoms with Crippen molar-refractivity contribution < 1.29 is 4.79 Å². The van der Waals surface area contributed by atoms with E-state index in [1.807, 2.05) is 18.0 Å². The molecule has 1 fully saturated rings. The van der Waals surface area contributed by atoms with Crippen molar-refractivity contribution in [1.29, 1.82) is 5.26 Å². The molecule has 6 nitrogen and oxygen atoms in total. The number of piperidine rings is 1. The third kappa shape index (κ3) is 4.30. The van der Waals surface area contributed by atoms with Gasteiger partial charge in [-0.1, -0.05) is 0 Å². The van der Waals surface area contributed by atoms with E-state index in [9.17, 15) is 4.79 Å².